The van der Waals surface area contributed by atoms with Gasteiger partial charge in [-0.15, -0.1) is 0 Å². The zero-order valence-corrected chi connectivity index (χ0v) is 15.1. The summed E-state index contributed by atoms with van der Waals surface area (Å²) >= 11 is 0. The molecule has 0 radical (unpaired) electrons. The Labute approximate surface area is 150 Å². The summed E-state index contributed by atoms with van der Waals surface area (Å²) in [6.07, 6.45) is 0. The first-order chi connectivity index (χ1) is 12.1. The highest BCUT2D eigenvalue weighted by atomic mass is 32.2. The fourth-order valence-electron chi connectivity index (χ4n) is 2.26. The second kappa shape index (κ2) is 7.90. The van der Waals surface area contributed by atoms with Crippen molar-refractivity contribution in [3.63, 3.8) is 0 Å². The maximum Gasteiger partial charge on any atom is 0.241 e. The summed E-state index contributed by atoms with van der Waals surface area (Å²) in [5.41, 5.74) is 0.803. The summed E-state index contributed by atoms with van der Waals surface area (Å²) in [6.45, 7) is 1.86. The van der Waals surface area contributed by atoms with Crippen LogP contribution in [-0.2, 0) is 21.4 Å². The fraction of sp³-hybridized carbons (Fsp3) is 0.235. The fourth-order valence-corrected chi connectivity index (χ4v) is 2.82. The van der Waals surface area contributed by atoms with Crippen LogP contribution in [0.5, 0.6) is 0 Å². The van der Waals surface area contributed by atoms with Crippen molar-refractivity contribution in [1.29, 1.82) is 0 Å². The van der Waals surface area contributed by atoms with E-state index in [1.54, 1.807) is 18.9 Å². The number of likely N-dealkylation sites (N-methyl/N-ethyl adjacent to an activating group) is 1. The molecule has 1 atom stereocenters. The molecule has 26 heavy (non-hydrogen) atoms. The van der Waals surface area contributed by atoms with Gasteiger partial charge in [-0.2, -0.15) is 0 Å². The van der Waals surface area contributed by atoms with Crippen LogP contribution < -0.4 is 10.5 Å². The van der Waals surface area contributed by atoms with Gasteiger partial charge in [0.05, 0.1) is 10.9 Å². The molecule has 1 unspecified atom stereocenters. The van der Waals surface area contributed by atoms with Crippen LogP contribution in [0.3, 0.4) is 0 Å². The zero-order chi connectivity index (χ0) is 19.5. The van der Waals surface area contributed by atoms with Gasteiger partial charge in [-0.05, 0) is 49.9 Å². The molecule has 6 nitrogen and oxygen atoms in total. The van der Waals surface area contributed by atoms with Crippen LogP contribution >= 0.6 is 0 Å². The van der Waals surface area contributed by atoms with Gasteiger partial charge in [0.1, 0.15) is 0 Å². The molecule has 0 bridgehead atoms. The molecule has 3 N–H and O–H groups in total. The molecule has 9 heteroatoms. The zero-order valence-electron chi connectivity index (χ0n) is 14.2. The van der Waals surface area contributed by atoms with Crippen molar-refractivity contribution in [2.24, 2.45) is 5.14 Å². The summed E-state index contributed by atoms with van der Waals surface area (Å²) in [5, 5.41) is 7.67. The van der Waals surface area contributed by atoms with E-state index >= 15 is 0 Å². The number of amides is 1. The van der Waals surface area contributed by atoms with Crippen molar-refractivity contribution in [2.75, 3.05) is 12.4 Å². The third-order valence-corrected chi connectivity index (χ3v) is 4.80. The van der Waals surface area contributed by atoms with Gasteiger partial charge in [0.2, 0.25) is 15.9 Å². The molecule has 0 heterocycles. The number of primary sulfonamides is 1. The van der Waals surface area contributed by atoms with Crippen molar-refractivity contribution in [3.8, 4) is 0 Å². The van der Waals surface area contributed by atoms with Crippen molar-refractivity contribution >= 4 is 21.6 Å². The Morgan fingerprint density at radius 2 is 1.88 bits per heavy atom. The van der Waals surface area contributed by atoms with Crippen LogP contribution in [0, 0.1) is 11.6 Å². The lowest BCUT2D eigenvalue weighted by Gasteiger charge is -2.24. The number of halogens is 2. The second-order valence-corrected chi connectivity index (χ2v) is 7.46. The Kier molecular flexibility index (Phi) is 6.06. The molecular weight excluding hydrogens is 364 g/mol. The number of carbonyl (C=O) groups is 1. The molecule has 2 rings (SSSR count). The molecular formula is C17H19F2N3O3S. The number of nitrogens with two attached hydrogens (primary N) is 1. The summed E-state index contributed by atoms with van der Waals surface area (Å²) in [7, 11) is -2.21. The van der Waals surface area contributed by atoms with E-state index in [0.717, 1.165) is 12.1 Å². The quantitative estimate of drug-likeness (QED) is 0.799. The smallest absolute Gasteiger partial charge is 0.241 e. The standard InChI is InChI=1S/C17H19F2N3O3S/c1-11(22(2)10-12-6-7-15(18)16(19)8-12)17(23)21-13-4-3-5-14(9-13)26(20,24)25/h3-9,11H,10H2,1-2H3,(H,21,23)(H2,20,24,25). The SMILES string of the molecule is CC(C(=O)Nc1cccc(S(N)(=O)=O)c1)N(C)Cc1ccc(F)c(F)c1. The Hall–Kier alpha value is -2.36. The highest BCUT2D eigenvalue weighted by Crippen LogP contribution is 2.16. The molecule has 140 valence electrons. The maximum absolute atomic E-state index is 13.3. The molecule has 2 aromatic carbocycles. The van der Waals surface area contributed by atoms with Crippen LogP contribution in [0.4, 0.5) is 14.5 Å². The number of nitrogens with one attached hydrogen (secondary N) is 1. The maximum atomic E-state index is 13.3. The summed E-state index contributed by atoms with van der Waals surface area (Å²) in [4.78, 5) is 13.9. The summed E-state index contributed by atoms with van der Waals surface area (Å²) in [6, 6.07) is 8.52. The number of carbonyl (C=O) groups excluding carboxylic acids is 1. The predicted octanol–water partition coefficient (Wildman–Crippen LogP) is 2.07. The van der Waals surface area contributed by atoms with Gasteiger partial charge in [-0.25, -0.2) is 22.3 Å². The van der Waals surface area contributed by atoms with Gasteiger partial charge in [-0.3, -0.25) is 9.69 Å². The summed E-state index contributed by atoms with van der Waals surface area (Å²) < 4.78 is 49.0. The molecule has 0 saturated heterocycles. The lowest BCUT2D eigenvalue weighted by Crippen LogP contribution is -2.39. The van der Waals surface area contributed by atoms with Crippen LogP contribution in [0.25, 0.3) is 0 Å². The molecule has 0 aliphatic heterocycles. The van der Waals surface area contributed by atoms with Crippen LogP contribution in [0.1, 0.15) is 12.5 Å². The van der Waals surface area contributed by atoms with Gasteiger partial charge in [0.15, 0.2) is 11.6 Å². The van der Waals surface area contributed by atoms with Crippen molar-refractivity contribution in [1.82, 2.24) is 4.90 Å². The average molecular weight is 383 g/mol. The molecule has 0 aromatic heterocycles. The minimum atomic E-state index is -3.87. The Morgan fingerprint density at radius 1 is 1.19 bits per heavy atom. The molecule has 0 spiro atoms. The molecule has 0 aliphatic carbocycles. The monoisotopic (exact) mass is 383 g/mol. The largest absolute Gasteiger partial charge is 0.325 e. The van der Waals surface area contributed by atoms with Crippen LogP contribution in [0.15, 0.2) is 47.4 Å². The van der Waals surface area contributed by atoms with E-state index in [9.17, 15) is 22.0 Å². The lowest BCUT2D eigenvalue weighted by atomic mass is 10.1. The van der Waals surface area contributed by atoms with Gasteiger partial charge < -0.3 is 5.32 Å². The predicted molar refractivity (Wildman–Crippen MR) is 93.7 cm³/mol. The second-order valence-electron chi connectivity index (χ2n) is 5.90. The number of rotatable bonds is 6. The van der Waals surface area contributed by atoms with E-state index in [4.69, 9.17) is 5.14 Å². The average Bonchev–Trinajstić information content (AvgIpc) is 2.57. The van der Waals surface area contributed by atoms with Crippen molar-refractivity contribution in [2.45, 2.75) is 24.4 Å². The molecule has 1 amide bonds. The number of nitrogens with zero attached hydrogens (tertiary/aromatic N) is 1. The third kappa shape index (κ3) is 5.07. The topological polar surface area (TPSA) is 92.5 Å². The Bertz CT molecular complexity index is 919. The first-order valence-corrected chi connectivity index (χ1v) is 9.20. The number of hydrogen-bond acceptors (Lipinski definition) is 4. The number of hydrogen-bond donors (Lipinski definition) is 2. The van der Waals surface area contributed by atoms with E-state index < -0.39 is 27.7 Å². The number of benzene rings is 2. The molecule has 2 aromatic rings. The van der Waals surface area contributed by atoms with E-state index in [2.05, 4.69) is 5.32 Å². The molecule has 0 saturated carbocycles. The van der Waals surface area contributed by atoms with E-state index in [1.165, 1.54) is 30.3 Å². The molecule has 0 fully saturated rings. The lowest BCUT2D eigenvalue weighted by molar-refractivity contribution is -0.120. The van der Waals surface area contributed by atoms with Gasteiger partial charge in [-0.1, -0.05) is 12.1 Å². The first-order valence-electron chi connectivity index (χ1n) is 7.66. The summed E-state index contributed by atoms with van der Waals surface area (Å²) in [5.74, 6) is -2.27. The van der Waals surface area contributed by atoms with Gasteiger partial charge in [0.25, 0.3) is 0 Å². The first kappa shape index (κ1) is 20.0. The van der Waals surface area contributed by atoms with E-state index in [1.807, 2.05) is 0 Å². The minimum Gasteiger partial charge on any atom is -0.325 e. The third-order valence-electron chi connectivity index (χ3n) is 3.89. The highest BCUT2D eigenvalue weighted by molar-refractivity contribution is 7.89. The van der Waals surface area contributed by atoms with Crippen LogP contribution in [-0.4, -0.2) is 32.3 Å². The van der Waals surface area contributed by atoms with E-state index in [-0.39, 0.29) is 23.0 Å². The number of sulfonamides is 1. The Balaban J connectivity index is 2.05. The normalized spacial score (nSPS) is 12.8. The van der Waals surface area contributed by atoms with Gasteiger partial charge >= 0.3 is 0 Å². The van der Waals surface area contributed by atoms with Gasteiger partial charge in [0, 0.05) is 12.2 Å². The van der Waals surface area contributed by atoms with Crippen molar-refractivity contribution in [3.05, 3.63) is 59.7 Å². The molecule has 0 aliphatic rings. The van der Waals surface area contributed by atoms with Crippen molar-refractivity contribution < 1.29 is 22.0 Å². The minimum absolute atomic E-state index is 0.113. The van der Waals surface area contributed by atoms with Crippen LogP contribution in [0.2, 0.25) is 0 Å². The Morgan fingerprint density at radius 3 is 2.50 bits per heavy atom. The van der Waals surface area contributed by atoms with E-state index in [0.29, 0.717) is 5.56 Å². The highest BCUT2D eigenvalue weighted by Gasteiger charge is 2.19. The number of anilines is 1.